The summed E-state index contributed by atoms with van der Waals surface area (Å²) < 4.78 is 11.5. The van der Waals surface area contributed by atoms with Crippen LogP contribution in [0.2, 0.25) is 0 Å². The first kappa shape index (κ1) is 22.8. The highest BCUT2D eigenvalue weighted by Crippen LogP contribution is 2.39. The molecule has 0 aliphatic rings. The van der Waals surface area contributed by atoms with Gasteiger partial charge in [-0.3, -0.25) is 0 Å². The van der Waals surface area contributed by atoms with E-state index in [1.54, 1.807) is 23.0 Å². The van der Waals surface area contributed by atoms with Gasteiger partial charge in [0.2, 0.25) is 0 Å². The molecule has 0 bridgehead atoms. The fourth-order valence-electron chi connectivity index (χ4n) is 2.73. The van der Waals surface area contributed by atoms with Gasteiger partial charge in [0.25, 0.3) is 0 Å². The molecular weight excluding hydrogens is 467 g/mol. The van der Waals surface area contributed by atoms with Gasteiger partial charge in [-0.25, -0.2) is 4.79 Å². The average molecular weight is 492 g/mol. The molecular formula is C19H25IO5S. The number of allylic oxidation sites excluding steroid dienone is 2. The lowest BCUT2D eigenvalue weighted by Crippen LogP contribution is -2.13. The number of halogens is 1. The van der Waals surface area contributed by atoms with E-state index < -0.39 is 5.97 Å². The molecule has 26 heavy (non-hydrogen) atoms. The molecule has 0 amide bonds. The highest BCUT2D eigenvalue weighted by atomic mass is 127. The normalized spacial score (nSPS) is 11.3. The molecule has 0 aliphatic heterocycles. The van der Waals surface area contributed by atoms with Gasteiger partial charge in [0.1, 0.15) is 23.3 Å². The summed E-state index contributed by atoms with van der Waals surface area (Å²) in [6.45, 7) is 6.01. The van der Waals surface area contributed by atoms with Crippen molar-refractivity contribution >= 4 is 42.4 Å². The van der Waals surface area contributed by atoms with Crippen LogP contribution < -0.4 is 9.47 Å². The molecule has 1 N–H and O–H groups in total. The van der Waals surface area contributed by atoms with Crippen molar-refractivity contribution in [2.24, 2.45) is 0 Å². The molecule has 0 saturated carbocycles. The smallest absolute Gasteiger partial charge is 0.339 e. The van der Waals surface area contributed by atoms with Crippen LogP contribution in [0.4, 0.5) is 0 Å². The minimum absolute atomic E-state index is 0.190. The summed E-state index contributed by atoms with van der Waals surface area (Å²) in [5, 5.41) is 9.73. The molecule has 1 rings (SSSR count). The van der Waals surface area contributed by atoms with E-state index >= 15 is 0 Å². The topological polar surface area (TPSA) is 72.8 Å². The van der Waals surface area contributed by atoms with Crippen molar-refractivity contribution in [3.05, 3.63) is 33.9 Å². The van der Waals surface area contributed by atoms with Crippen LogP contribution in [0.25, 0.3) is 0 Å². The van der Waals surface area contributed by atoms with E-state index in [-0.39, 0.29) is 5.56 Å². The Morgan fingerprint density at radius 2 is 1.96 bits per heavy atom. The van der Waals surface area contributed by atoms with Crippen LogP contribution in [-0.4, -0.2) is 36.8 Å². The number of carboxylic acids is 1. The molecule has 0 unspecified atom stereocenters. The third kappa shape index (κ3) is 5.90. The summed E-state index contributed by atoms with van der Waals surface area (Å²) in [4.78, 5) is 22.4. The lowest BCUT2D eigenvalue weighted by molar-refractivity contribution is -0.107. The standard InChI is InChI=1S/C19H25IO5S/c1-12(6-5-9-21)7-8-15-17(24-4)14(3)13(2)16(19(22)23)18(15)25-10-11-26-20/h7,9H,5-6,8,10-11H2,1-4H3,(H,22,23)/b12-7+. The van der Waals surface area contributed by atoms with Gasteiger partial charge >= 0.3 is 5.97 Å². The molecule has 1 aromatic rings. The Morgan fingerprint density at radius 3 is 2.50 bits per heavy atom. The van der Waals surface area contributed by atoms with E-state index in [0.29, 0.717) is 42.9 Å². The third-order valence-electron chi connectivity index (χ3n) is 4.19. The first-order valence-corrected chi connectivity index (χ1v) is 11.8. The molecule has 0 saturated heterocycles. The summed E-state index contributed by atoms with van der Waals surface area (Å²) in [7, 11) is 3.19. The number of benzene rings is 1. The Bertz CT molecular complexity index is 685. The van der Waals surface area contributed by atoms with Crippen molar-refractivity contribution in [3.8, 4) is 11.5 Å². The molecule has 0 aromatic heterocycles. The van der Waals surface area contributed by atoms with E-state index in [9.17, 15) is 14.7 Å². The Kier molecular flexibility index (Phi) is 10.1. The van der Waals surface area contributed by atoms with Crippen molar-refractivity contribution in [2.75, 3.05) is 19.5 Å². The largest absolute Gasteiger partial charge is 0.496 e. The number of aromatic carboxylic acids is 1. The van der Waals surface area contributed by atoms with Crippen LogP contribution in [0.3, 0.4) is 0 Å². The predicted molar refractivity (Wildman–Crippen MR) is 114 cm³/mol. The van der Waals surface area contributed by atoms with Crippen LogP contribution in [-0.2, 0) is 11.2 Å². The number of ether oxygens (including phenoxy) is 2. The number of methoxy groups -OCH3 is 1. The van der Waals surface area contributed by atoms with E-state index in [1.807, 2.05) is 19.9 Å². The zero-order valence-corrected chi connectivity index (χ0v) is 18.5. The SMILES string of the molecule is COc1c(C)c(C)c(C(=O)O)c(OCCSI)c1C/C=C(\C)CCC=O. The van der Waals surface area contributed by atoms with Crippen molar-refractivity contribution in [2.45, 2.75) is 40.0 Å². The first-order chi connectivity index (χ1) is 12.4. The van der Waals surface area contributed by atoms with Crippen LogP contribution in [0.1, 0.15) is 46.8 Å². The third-order valence-corrected chi connectivity index (χ3v) is 5.83. The Hall–Kier alpha value is -1.22. The van der Waals surface area contributed by atoms with Crippen molar-refractivity contribution < 1.29 is 24.2 Å². The number of aldehydes is 1. The van der Waals surface area contributed by atoms with Crippen molar-refractivity contribution in [3.63, 3.8) is 0 Å². The lowest BCUT2D eigenvalue weighted by Gasteiger charge is -2.21. The zero-order chi connectivity index (χ0) is 19.7. The molecule has 0 aliphatic carbocycles. The quantitative estimate of drug-likeness (QED) is 0.204. The average Bonchev–Trinajstić information content (AvgIpc) is 2.61. The number of hydrogen-bond donors (Lipinski definition) is 1. The van der Waals surface area contributed by atoms with Crippen molar-refractivity contribution in [1.82, 2.24) is 0 Å². The van der Waals surface area contributed by atoms with Crippen LogP contribution in [0.15, 0.2) is 11.6 Å². The minimum atomic E-state index is -1.01. The highest BCUT2D eigenvalue weighted by molar-refractivity contribution is 14.2. The molecule has 0 atom stereocenters. The second-order valence-corrected chi connectivity index (χ2v) is 8.39. The van der Waals surface area contributed by atoms with Gasteiger partial charge in [-0.05, 0) is 65.9 Å². The van der Waals surface area contributed by atoms with E-state index in [2.05, 4.69) is 21.2 Å². The van der Waals surface area contributed by atoms with Gasteiger partial charge in [-0.15, -0.1) is 0 Å². The van der Waals surface area contributed by atoms with Crippen LogP contribution in [0.5, 0.6) is 11.5 Å². The molecule has 0 heterocycles. The lowest BCUT2D eigenvalue weighted by atomic mass is 9.94. The number of carbonyl (C=O) groups excluding carboxylic acids is 1. The number of carbonyl (C=O) groups is 2. The van der Waals surface area contributed by atoms with Gasteiger partial charge in [-0.2, -0.15) is 0 Å². The van der Waals surface area contributed by atoms with E-state index in [0.717, 1.165) is 28.7 Å². The Labute approximate surface area is 171 Å². The van der Waals surface area contributed by atoms with Gasteiger partial charge in [0, 0.05) is 17.7 Å². The second kappa shape index (κ2) is 11.5. The summed E-state index contributed by atoms with van der Waals surface area (Å²) in [6, 6.07) is 0. The van der Waals surface area contributed by atoms with Gasteiger partial charge < -0.3 is 19.4 Å². The zero-order valence-electron chi connectivity index (χ0n) is 15.6. The summed E-state index contributed by atoms with van der Waals surface area (Å²) in [5.74, 6) is 0.780. The predicted octanol–water partition coefficient (Wildman–Crippen LogP) is 4.94. The van der Waals surface area contributed by atoms with Gasteiger partial charge in [0.05, 0.1) is 13.7 Å². The molecule has 7 heteroatoms. The number of carboxylic acid groups (broad SMARTS) is 1. The second-order valence-electron chi connectivity index (χ2n) is 5.89. The fraction of sp³-hybridized carbons (Fsp3) is 0.474. The fourth-order valence-corrected chi connectivity index (χ4v) is 3.41. The summed E-state index contributed by atoms with van der Waals surface area (Å²) in [5.41, 5.74) is 3.45. The maximum atomic E-state index is 11.9. The Balaban J connectivity index is 3.45. The number of hydrogen-bond acceptors (Lipinski definition) is 5. The molecule has 5 nitrogen and oxygen atoms in total. The van der Waals surface area contributed by atoms with Crippen molar-refractivity contribution in [1.29, 1.82) is 0 Å². The molecule has 144 valence electrons. The first-order valence-electron chi connectivity index (χ1n) is 8.27. The summed E-state index contributed by atoms with van der Waals surface area (Å²) in [6.07, 6.45) is 4.55. The maximum Gasteiger partial charge on any atom is 0.339 e. The maximum absolute atomic E-state index is 11.9. The van der Waals surface area contributed by atoms with Crippen LogP contribution in [0, 0.1) is 13.8 Å². The van der Waals surface area contributed by atoms with Gasteiger partial charge in [0.15, 0.2) is 0 Å². The summed E-state index contributed by atoms with van der Waals surface area (Å²) >= 11 is 2.18. The van der Waals surface area contributed by atoms with Gasteiger partial charge in [-0.1, -0.05) is 20.6 Å². The van der Waals surface area contributed by atoms with E-state index in [4.69, 9.17) is 9.47 Å². The van der Waals surface area contributed by atoms with E-state index in [1.165, 1.54) is 0 Å². The number of rotatable bonds is 11. The molecule has 0 radical (unpaired) electrons. The highest BCUT2D eigenvalue weighted by Gasteiger charge is 2.25. The molecule has 0 fully saturated rings. The molecule has 0 spiro atoms. The minimum Gasteiger partial charge on any atom is -0.496 e. The van der Waals surface area contributed by atoms with Crippen LogP contribution >= 0.6 is 30.1 Å². The molecule has 1 aromatic carbocycles. The monoisotopic (exact) mass is 492 g/mol. The Morgan fingerprint density at radius 1 is 1.27 bits per heavy atom.